The summed E-state index contributed by atoms with van der Waals surface area (Å²) < 4.78 is 0.917. The van der Waals surface area contributed by atoms with Crippen molar-refractivity contribution in [2.24, 2.45) is 0 Å². The van der Waals surface area contributed by atoms with Gasteiger partial charge in [0.05, 0.1) is 5.69 Å². The number of aromatic nitrogens is 2. The van der Waals surface area contributed by atoms with Crippen molar-refractivity contribution in [2.45, 2.75) is 18.8 Å². The average Bonchev–Trinajstić information content (AvgIpc) is 3.23. The number of carbonyl (C=O) groups is 1. The van der Waals surface area contributed by atoms with E-state index in [2.05, 4.69) is 31.4 Å². The predicted octanol–water partition coefficient (Wildman–Crippen LogP) is 3.37. The van der Waals surface area contributed by atoms with E-state index in [9.17, 15) is 4.79 Å². The fourth-order valence-corrected chi connectivity index (χ4v) is 2.22. The zero-order chi connectivity index (χ0) is 13.2. The molecule has 0 saturated heterocycles. The molecule has 0 radical (unpaired) electrons. The number of hydrogen-bond acceptors (Lipinski definition) is 3. The van der Waals surface area contributed by atoms with Crippen LogP contribution in [0.4, 0.5) is 5.69 Å². The number of hydrogen-bond donors (Lipinski definition) is 1. The van der Waals surface area contributed by atoms with Gasteiger partial charge in [0.2, 0.25) is 0 Å². The number of amides is 1. The van der Waals surface area contributed by atoms with E-state index < -0.39 is 0 Å². The predicted molar refractivity (Wildman–Crippen MR) is 76.1 cm³/mol. The molecule has 0 bridgehead atoms. The number of carbonyl (C=O) groups excluding carboxylic acids is 1. The monoisotopic (exact) mass is 317 g/mol. The summed E-state index contributed by atoms with van der Waals surface area (Å²) in [5, 5.41) is 10.9. The van der Waals surface area contributed by atoms with Crippen molar-refractivity contribution in [2.75, 3.05) is 5.32 Å². The molecule has 2 aromatic rings. The Labute approximate surface area is 119 Å². The Morgan fingerprint density at radius 3 is 2.68 bits per heavy atom. The first-order valence-electron chi connectivity index (χ1n) is 6.13. The van der Waals surface area contributed by atoms with Crippen LogP contribution in [0.25, 0.3) is 0 Å². The van der Waals surface area contributed by atoms with Gasteiger partial charge in [-0.2, -0.15) is 5.10 Å². The lowest BCUT2D eigenvalue weighted by Crippen LogP contribution is -2.14. The van der Waals surface area contributed by atoms with E-state index in [4.69, 9.17) is 0 Å². The molecule has 1 heterocycles. The summed E-state index contributed by atoms with van der Waals surface area (Å²) in [6.07, 6.45) is 2.36. The van der Waals surface area contributed by atoms with Gasteiger partial charge in [0, 0.05) is 16.1 Å². The lowest BCUT2D eigenvalue weighted by Gasteiger charge is -2.05. The Balaban J connectivity index is 1.72. The lowest BCUT2D eigenvalue weighted by atomic mass is 10.2. The minimum absolute atomic E-state index is 0.243. The largest absolute Gasteiger partial charge is 0.321 e. The molecule has 1 aromatic heterocycles. The molecule has 1 aliphatic rings. The molecule has 1 amide bonds. The molecule has 0 atom stereocenters. The van der Waals surface area contributed by atoms with Crippen LogP contribution in [0, 0.1) is 0 Å². The molecule has 0 unspecified atom stereocenters. The highest BCUT2D eigenvalue weighted by atomic mass is 79.9. The van der Waals surface area contributed by atoms with Gasteiger partial charge in [-0.15, -0.1) is 5.10 Å². The number of halogens is 1. The first kappa shape index (κ1) is 12.3. The van der Waals surface area contributed by atoms with E-state index in [1.807, 2.05) is 30.3 Å². The van der Waals surface area contributed by atoms with Crippen LogP contribution in [0.3, 0.4) is 0 Å². The van der Waals surface area contributed by atoms with Gasteiger partial charge in [-0.05, 0) is 43.2 Å². The number of nitrogens with one attached hydrogen (secondary N) is 1. The summed E-state index contributed by atoms with van der Waals surface area (Å²) in [6, 6.07) is 11.1. The van der Waals surface area contributed by atoms with E-state index in [1.54, 1.807) is 6.07 Å². The van der Waals surface area contributed by atoms with Crippen LogP contribution in [0.5, 0.6) is 0 Å². The van der Waals surface area contributed by atoms with Crippen LogP contribution in [0.2, 0.25) is 0 Å². The zero-order valence-electron chi connectivity index (χ0n) is 10.1. The summed E-state index contributed by atoms with van der Waals surface area (Å²) in [5.41, 5.74) is 2.05. The van der Waals surface area contributed by atoms with E-state index in [0.717, 1.165) is 15.9 Å². The van der Waals surface area contributed by atoms with Crippen LogP contribution in [-0.4, -0.2) is 16.1 Å². The fourth-order valence-electron chi connectivity index (χ4n) is 1.82. The molecule has 5 heteroatoms. The minimum Gasteiger partial charge on any atom is -0.321 e. The summed E-state index contributed by atoms with van der Waals surface area (Å²) >= 11 is 3.36. The van der Waals surface area contributed by atoms with Gasteiger partial charge in [-0.3, -0.25) is 4.79 Å². The first-order chi connectivity index (χ1) is 9.22. The molecule has 1 aliphatic carbocycles. The van der Waals surface area contributed by atoms with Crippen LogP contribution in [-0.2, 0) is 0 Å². The van der Waals surface area contributed by atoms with Crippen LogP contribution in [0.1, 0.15) is 34.9 Å². The Hall–Kier alpha value is -1.75. The van der Waals surface area contributed by atoms with Crippen molar-refractivity contribution in [1.82, 2.24) is 10.2 Å². The Bertz CT molecular complexity index is 608. The van der Waals surface area contributed by atoms with E-state index in [1.165, 1.54) is 12.8 Å². The van der Waals surface area contributed by atoms with Crippen molar-refractivity contribution >= 4 is 27.5 Å². The van der Waals surface area contributed by atoms with Gasteiger partial charge in [0.1, 0.15) is 0 Å². The highest BCUT2D eigenvalue weighted by molar-refractivity contribution is 9.10. The topological polar surface area (TPSA) is 54.9 Å². The Morgan fingerprint density at radius 1 is 1.21 bits per heavy atom. The third-order valence-electron chi connectivity index (χ3n) is 3.00. The van der Waals surface area contributed by atoms with E-state index >= 15 is 0 Å². The minimum atomic E-state index is -0.243. The second kappa shape index (κ2) is 5.09. The van der Waals surface area contributed by atoms with Crippen LogP contribution in [0.15, 0.2) is 40.9 Å². The number of rotatable bonds is 3. The van der Waals surface area contributed by atoms with E-state index in [0.29, 0.717) is 11.6 Å². The Kier molecular flexibility index (Phi) is 3.29. The molecular weight excluding hydrogens is 306 g/mol. The fraction of sp³-hybridized carbons (Fsp3) is 0.214. The van der Waals surface area contributed by atoms with Crippen molar-refractivity contribution in [3.63, 3.8) is 0 Å². The van der Waals surface area contributed by atoms with Gasteiger partial charge < -0.3 is 5.32 Å². The summed E-state index contributed by atoms with van der Waals surface area (Å²) in [7, 11) is 0. The maximum absolute atomic E-state index is 12.0. The van der Waals surface area contributed by atoms with Crippen LogP contribution < -0.4 is 5.32 Å². The molecule has 1 fully saturated rings. The van der Waals surface area contributed by atoms with Gasteiger partial charge in [-0.25, -0.2) is 0 Å². The van der Waals surface area contributed by atoms with Gasteiger partial charge in [0.15, 0.2) is 5.69 Å². The second-order valence-corrected chi connectivity index (χ2v) is 5.50. The molecule has 0 spiro atoms. The number of nitrogens with zero attached hydrogens (tertiary/aromatic N) is 2. The lowest BCUT2D eigenvalue weighted by molar-refractivity contribution is 0.102. The van der Waals surface area contributed by atoms with Crippen molar-refractivity contribution < 1.29 is 4.79 Å². The second-order valence-electron chi connectivity index (χ2n) is 4.58. The SMILES string of the molecule is O=C(Nc1cccc(Br)c1)c1ccc(C2CC2)nn1. The molecule has 3 rings (SSSR count). The summed E-state index contributed by atoms with van der Waals surface area (Å²) in [4.78, 5) is 12.0. The molecule has 1 aromatic carbocycles. The summed E-state index contributed by atoms with van der Waals surface area (Å²) in [5.74, 6) is 0.308. The highest BCUT2D eigenvalue weighted by Crippen LogP contribution is 2.38. The van der Waals surface area contributed by atoms with Crippen molar-refractivity contribution in [1.29, 1.82) is 0 Å². The number of benzene rings is 1. The maximum atomic E-state index is 12.0. The van der Waals surface area contributed by atoms with E-state index in [-0.39, 0.29) is 5.91 Å². The molecule has 0 aliphatic heterocycles. The average molecular weight is 318 g/mol. The van der Waals surface area contributed by atoms with Crippen molar-refractivity contribution in [3.05, 3.63) is 52.3 Å². The maximum Gasteiger partial charge on any atom is 0.276 e. The van der Waals surface area contributed by atoms with Gasteiger partial charge >= 0.3 is 0 Å². The summed E-state index contributed by atoms with van der Waals surface area (Å²) in [6.45, 7) is 0. The van der Waals surface area contributed by atoms with Gasteiger partial charge in [-0.1, -0.05) is 22.0 Å². The quantitative estimate of drug-likeness (QED) is 0.944. The van der Waals surface area contributed by atoms with Crippen molar-refractivity contribution in [3.8, 4) is 0 Å². The Morgan fingerprint density at radius 2 is 2.05 bits per heavy atom. The zero-order valence-corrected chi connectivity index (χ0v) is 11.7. The normalized spacial score (nSPS) is 14.2. The smallest absolute Gasteiger partial charge is 0.276 e. The molecular formula is C14H12BrN3O. The number of anilines is 1. The molecule has 1 N–H and O–H groups in total. The molecule has 1 saturated carbocycles. The van der Waals surface area contributed by atoms with Gasteiger partial charge in [0.25, 0.3) is 5.91 Å². The standard InChI is InChI=1S/C14H12BrN3O/c15-10-2-1-3-11(8-10)16-14(19)13-7-6-12(17-18-13)9-4-5-9/h1-3,6-9H,4-5H2,(H,16,19). The molecule has 19 heavy (non-hydrogen) atoms. The first-order valence-corrected chi connectivity index (χ1v) is 6.92. The third kappa shape index (κ3) is 2.98. The molecule has 4 nitrogen and oxygen atoms in total. The third-order valence-corrected chi connectivity index (χ3v) is 3.49. The van der Waals surface area contributed by atoms with Crippen LogP contribution >= 0.6 is 15.9 Å². The molecule has 96 valence electrons. The highest BCUT2D eigenvalue weighted by Gasteiger charge is 2.25.